The fourth-order valence-corrected chi connectivity index (χ4v) is 6.67. The monoisotopic (exact) mass is 662 g/mol. The molecule has 2 amide bonds. The van der Waals surface area contributed by atoms with Crippen LogP contribution in [0, 0.1) is 5.82 Å². The predicted octanol–water partition coefficient (Wildman–Crippen LogP) is 5.83. The molecule has 0 bridgehead atoms. The van der Waals surface area contributed by atoms with Gasteiger partial charge < -0.3 is 10.2 Å². The van der Waals surface area contributed by atoms with Gasteiger partial charge in [-0.15, -0.1) is 0 Å². The van der Waals surface area contributed by atoms with Crippen molar-refractivity contribution in [1.29, 1.82) is 0 Å². The van der Waals surface area contributed by atoms with Crippen molar-refractivity contribution in [2.45, 2.75) is 57.2 Å². The molecule has 4 rings (SSSR count). The Labute approximate surface area is 268 Å². The van der Waals surface area contributed by atoms with Crippen LogP contribution in [-0.4, -0.2) is 62.2 Å². The molecule has 1 saturated carbocycles. The van der Waals surface area contributed by atoms with Crippen LogP contribution in [0.2, 0.25) is 10.0 Å². The Morgan fingerprint density at radius 1 is 0.909 bits per heavy atom. The molecule has 12 heteroatoms. The van der Waals surface area contributed by atoms with E-state index < -0.39 is 34.5 Å². The second kappa shape index (κ2) is 15.2. The molecule has 3 aromatic rings. The van der Waals surface area contributed by atoms with Gasteiger partial charge in [0.15, 0.2) is 0 Å². The van der Waals surface area contributed by atoms with E-state index in [0.29, 0.717) is 10.6 Å². The van der Waals surface area contributed by atoms with Gasteiger partial charge in [0.05, 0.1) is 15.7 Å². The van der Waals surface area contributed by atoms with Crippen molar-refractivity contribution < 1.29 is 22.4 Å². The van der Waals surface area contributed by atoms with Crippen LogP contribution in [0.1, 0.15) is 43.2 Å². The minimum absolute atomic E-state index is 0.0273. The van der Waals surface area contributed by atoms with E-state index in [2.05, 4.69) is 5.32 Å². The lowest BCUT2D eigenvalue weighted by Gasteiger charge is -2.35. The van der Waals surface area contributed by atoms with E-state index in [9.17, 15) is 18.0 Å². The van der Waals surface area contributed by atoms with Crippen molar-refractivity contribution in [2.75, 3.05) is 24.9 Å². The zero-order valence-electron chi connectivity index (χ0n) is 24.8. The van der Waals surface area contributed by atoms with Crippen LogP contribution in [0.25, 0.3) is 0 Å². The third-order valence-electron chi connectivity index (χ3n) is 7.70. The van der Waals surface area contributed by atoms with Gasteiger partial charge in [-0.05, 0) is 48.2 Å². The van der Waals surface area contributed by atoms with E-state index in [1.54, 1.807) is 18.2 Å². The summed E-state index contributed by atoms with van der Waals surface area (Å²) in [6.45, 7) is -0.816. The van der Waals surface area contributed by atoms with E-state index in [1.165, 1.54) is 37.2 Å². The molecular formula is C32H37Cl2FN4O4S. The lowest BCUT2D eigenvalue weighted by Crippen LogP contribution is -2.55. The standard InChI is InChI=1S/C32H37Cl2FN4O4S/c1-37(2)44(42,43)39(29-16-10-9-15-28(29)35)22-31(40)38(21-24-17-18-26(33)27(34)19-24)30(20-23-11-5-3-6-12-23)32(41)36-25-13-7-4-8-14-25/h3,5-6,9-12,15-19,25,30H,4,7-8,13-14,20-22H2,1-2H3,(H,36,41)/t30-/m1/s1. The second-order valence-electron chi connectivity index (χ2n) is 11.1. The molecule has 8 nitrogen and oxygen atoms in total. The number of hydrogen-bond acceptors (Lipinski definition) is 4. The summed E-state index contributed by atoms with van der Waals surface area (Å²) >= 11 is 12.5. The highest BCUT2D eigenvalue weighted by Crippen LogP contribution is 2.27. The summed E-state index contributed by atoms with van der Waals surface area (Å²) in [6.07, 6.45) is 4.96. The lowest BCUT2D eigenvalue weighted by molar-refractivity contribution is -0.140. The molecule has 0 saturated heterocycles. The van der Waals surface area contributed by atoms with Crippen LogP contribution in [-0.2, 0) is 32.8 Å². The quantitative estimate of drug-likeness (QED) is 0.264. The summed E-state index contributed by atoms with van der Waals surface area (Å²) in [6, 6.07) is 18.5. The van der Waals surface area contributed by atoms with Crippen molar-refractivity contribution in [1.82, 2.24) is 14.5 Å². The second-order valence-corrected chi connectivity index (χ2v) is 13.9. The maximum Gasteiger partial charge on any atom is 0.304 e. The van der Waals surface area contributed by atoms with Gasteiger partial charge in [-0.25, -0.2) is 8.70 Å². The molecule has 0 unspecified atom stereocenters. The fraction of sp³-hybridized carbons (Fsp3) is 0.375. The first-order valence-electron chi connectivity index (χ1n) is 14.5. The molecule has 1 fully saturated rings. The predicted molar refractivity (Wildman–Crippen MR) is 172 cm³/mol. The number of anilines is 1. The van der Waals surface area contributed by atoms with Gasteiger partial charge in [0.1, 0.15) is 18.4 Å². The van der Waals surface area contributed by atoms with Crippen LogP contribution >= 0.6 is 23.2 Å². The average Bonchev–Trinajstić information content (AvgIpc) is 3.00. The van der Waals surface area contributed by atoms with Crippen LogP contribution in [0.15, 0.2) is 72.8 Å². The fourth-order valence-electron chi connectivity index (χ4n) is 5.29. The third-order valence-corrected chi connectivity index (χ3v) is 10.2. The van der Waals surface area contributed by atoms with Crippen LogP contribution in [0.3, 0.4) is 0 Å². The zero-order chi connectivity index (χ0) is 31.9. The Bertz CT molecular complexity index is 1550. The zero-order valence-corrected chi connectivity index (χ0v) is 27.1. The lowest BCUT2D eigenvalue weighted by atomic mass is 9.94. The normalized spacial score (nSPS) is 14.7. The smallest absolute Gasteiger partial charge is 0.304 e. The van der Waals surface area contributed by atoms with Crippen LogP contribution in [0.4, 0.5) is 10.1 Å². The Balaban J connectivity index is 1.77. The van der Waals surface area contributed by atoms with Crippen molar-refractivity contribution in [3.63, 3.8) is 0 Å². The number of benzene rings is 3. The number of nitrogens with one attached hydrogen (secondary N) is 1. The highest BCUT2D eigenvalue weighted by atomic mass is 35.5. The summed E-state index contributed by atoms with van der Waals surface area (Å²) in [5.74, 6) is -1.84. The number of hydrogen-bond donors (Lipinski definition) is 1. The van der Waals surface area contributed by atoms with E-state index in [0.717, 1.165) is 52.3 Å². The van der Waals surface area contributed by atoms with E-state index in [1.807, 2.05) is 30.3 Å². The number of rotatable bonds is 12. The summed E-state index contributed by atoms with van der Waals surface area (Å²) in [5, 5.41) is 3.74. The molecule has 1 N–H and O–H groups in total. The molecule has 236 valence electrons. The molecule has 3 aromatic carbocycles. The molecule has 44 heavy (non-hydrogen) atoms. The van der Waals surface area contributed by atoms with E-state index in [4.69, 9.17) is 23.2 Å². The summed E-state index contributed by atoms with van der Waals surface area (Å²) in [5.41, 5.74) is 1.12. The maximum absolute atomic E-state index is 15.0. The number of nitrogens with zero attached hydrogens (tertiary/aromatic N) is 3. The van der Waals surface area contributed by atoms with E-state index >= 15 is 4.39 Å². The summed E-state index contributed by atoms with van der Waals surface area (Å²) in [4.78, 5) is 29.7. The van der Waals surface area contributed by atoms with Gasteiger partial charge in [0, 0.05) is 33.1 Å². The minimum atomic E-state index is -4.32. The van der Waals surface area contributed by atoms with Gasteiger partial charge in [-0.2, -0.15) is 12.7 Å². The van der Waals surface area contributed by atoms with Gasteiger partial charge in [0.25, 0.3) is 0 Å². The van der Waals surface area contributed by atoms with Gasteiger partial charge in [-0.3, -0.25) is 9.59 Å². The number of amides is 2. The molecule has 0 spiro atoms. The maximum atomic E-state index is 15.0. The molecule has 0 aliphatic heterocycles. The molecular weight excluding hydrogens is 626 g/mol. The van der Waals surface area contributed by atoms with Crippen LogP contribution in [0.5, 0.6) is 0 Å². The summed E-state index contributed by atoms with van der Waals surface area (Å²) < 4.78 is 43.5. The van der Waals surface area contributed by atoms with Crippen molar-refractivity contribution in [3.05, 3.63) is 99.8 Å². The topological polar surface area (TPSA) is 90.0 Å². The van der Waals surface area contributed by atoms with Crippen LogP contribution < -0.4 is 9.62 Å². The first kappa shape index (κ1) is 33.7. The number of carbonyl (C=O) groups is 2. The molecule has 1 atom stereocenters. The molecule has 1 aliphatic rings. The Morgan fingerprint density at radius 3 is 2.20 bits per heavy atom. The molecule has 1 aliphatic carbocycles. The minimum Gasteiger partial charge on any atom is -0.352 e. The highest BCUT2D eigenvalue weighted by molar-refractivity contribution is 7.90. The van der Waals surface area contributed by atoms with Crippen molar-refractivity contribution >= 4 is 50.9 Å². The third kappa shape index (κ3) is 8.50. The molecule has 0 heterocycles. The number of carbonyl (C=O) groups excluding carboxylic acids is 2. The van der Waals surface area contributed by atoms with Crippen molar-refractivity contribution in [3.8, 4) is 0 Å². The summed E-state index contributed by atoms with van der Waals surface area (Å²) in [7, 11) is -1.71. The number of halogens is 3. The molecule has 0 radical (unpaired) electrons. The Morgan fingerprint density at radius 2 is 1.57 bits per heavy atom. The number of para-hydroxylation sites is 1. The Hall–Kier alpha value is -3.18. The largest absolute Gasteiger partial charge is 0.352 e. The molecule has 0 aromatic heterocycles. The van der Waals surface area contributed by atoms with Gasteiger partial charge in [0.2, 0.25) is 11.8 Å². The average molecular weight is 664 g/mol. The van der Waals surface area contributed by atoms with E-state index in [-0.39, 0.29) is 35.6 Å². The highest BCUT2D eigenvalue weighted by Gasteiger charge is 2.36. The SMILES string of the molecule is CN(C)S(=O)(=O)N(CC(=O)N(Cc1ccc(Cl)c(Cl)c1)[C@H](Cc1ccccc1)C(=O)NC1CCCCC1)c1ccccc1F. The van der Waals surface area contributed by atoms with Gasteiger partial charge >= 0.3 is 10.2 Å². The first-order valence-corrected chi connectivity index (χ1v) is 16.6. The van der Waals surface area contributed by atoms with Gasteiger partial charge in [-0.1, -0.05) is 91.0 Å². The Kier molecular flexibility index (Phi) is 11.6. The van der Waals surface area contributed by atoms with Crippen molar-refractivity contribution in [2.24, 2.45) is 0 Å². The first-order chi connectivity index (χ1) is 21.0.